The molecule has 19 heavy (non-hydrogen) atoms. The van der Waals surface area contributed by atoms with Gasteiger partial charge in [-0.2, -0.15) is 11.8 Å². The van der Waals surface area contributed by atoms with E-state index in [2.05, 4.69) is 39.3 Å². The molecule has 4 heteroatoms. The van der Waals surface area contributed by atoms with Crippen molar-refractivity contribution >= 4 is 17.7 Å². The Morgan fingerprint density at radius 2 is 1.89 bits per heavy atom. The number of amides is 1. The van der Waals surface area contributed by atoms with Gasteiger partial charge in [-0.15, -0.1) is 0 Å². The molecule has 3 N–H and O–H groups in total. The summed E-state index contributed by atoms with van der Waals surface area (Å²) in [4.78, 5) is 12.0. The first-order chi connectivity index (χ1) is 8.92. The SMILES string of the molecule is CCC(CC)(CNC(=O)C[C@@H](CN)CC(C)C)SC. The van der Waals surface area contributed by atoms with Crippen LogP contribution in [-0.2, 0) is 4.79 Å². The number of carbonyl (C=O) groups excluding carboxylic acids is 1. The van der Waals surface area contributed by atoms with Crippen molar-refractivity contribution in [2.24, 2.45) is 17.6 Å². The van der Waals surface area contributed by atoms with E-state index in [1.54, 1.807) is 0 Å². The van der Waals surface area contributed by atoms with Crippen molar-refractivity contribution in [2.45, 2.75) is 58.1 Å². The minimum Gasteiger partial charge on any atom is -0.355 e. The molecule has 0 aromatic heterocycles. The van der Waals surface area contributed by atoms with Crippen molar-refractivity contribution in [1.29, 1.82) is 0 Å². The molecule has 0 aliphatic carbocycles. The lowest BCUT2D eigenvalue weighted by Crippen LogP contribution is -2.40. The van der Waals surface area contributed by atoms with Gasteiger partial charge in [0.15, 0.2) is 0 Å². The maximum Gasteiger partial charge on any atom is 0.220 e. The molecule has 0 radical (unpaired) electrons. The third-order valence-corrected chi connectivity index (χ3v) is 5.53. The van der Waals surface area contributed by atoms with Crippen molar-refractivity contribution in [3.8, 4) is 0 Å². The predicted molar refractivity (Wildman–Crippen MR) is 86.5 cm³/mol. The van der Waals surface area contributed by atoms with Gasteiger partial charge in [0.05, 0.1) is 0 Å². The molecule has 0 rings (SSSR count). The van der Waals surface area contributed by atoms with Crippen LogP contribution >= 0.6 is 11.8 Å². The number of carbonyl (C=O) groups is 1. The monoisotopic (exact) mass is 288 g/mol. The zero-order valence-corrected chi connectivity index (χ0v) is 14.1. The lowest BCUT2D eigenvalue weighted by Gasteiger charge is -2.30. The first-order valence-electron chi connectivity index (χ1n) is 7.44. The molecule has 0 fully saturated rings. The molecule has 0 aromatic carbocycles. The Kier molecular flexibility index (Phi) is 9.54. The molecule has 0 aliphatic heterocycles. The number of nitrogens with one attached hydrogen (secondary N) is 1. The normalized spacial score (nSPS) is 13.6. The van der Waals surface area contributed by atoms with E-state index in [4.69, 9.17) is 5.73 Å². The van der Waals surface area contributed by atoms with Crippen molar-refractivity contribution < 1.29 is 4.79 Å². The van der Waals surface area contributed by atoms with Gasteiger partial charge >= 0.3 is 0 Å². The summed E-state index contributed by atoms with van der Waals surface area (Å²) in [5, 5.41) is 3.10. The van der Waals surface area contributed by atoms with Crippen LogP contribution in [0.5, 0.6) is 0 Å². The minimum absolute atomic E-state index is 0.149. The average molecular weight is 289 g/mol. The van der Waals surface area contributed by atoms with Crippen LogP contribution in [0.25, 0.3) is 0 Å². The topological polar surface area (TPSA) is 55.1 Å². The Labute approximate surface area is 123 Å². The highest BCUT2D eigenvalue weighted by Crippen LogP contribution is 2.29. The molecular weight excluding hydrogens is 256 g/mol. The fraction of sp³-hybridized carbons (Fsp3) is 0.933. The van der Waals surface area contributed by atoms with Gasteiger partial charge in [-0.1, -0.05) is 27.7 Å². The molecule has 0 saturated carbocycles. The second-order valence-electron chi connectivity index (χ2n) is 5.81. The highest BCUT2D eigenvalue weighted by molar-refractivity contribution is 8.00. The van der Waals surface area contributed by atoms with Gasteiger partial charge in [0.2, 0.25) is 5.91 Å². The smallest absolute Gasteiger partial charge is 0.220 e. The van der Waals surface area contributed by atoms with Gasteiger partial charge in [0.1, 0.15) is 0 Å². The maximum absolute atomic E-state index is 12.0. The number of nitrogens with two attached hydrogens (primary N) is 1. The van der Waals surface area contributed by atoms with Crippen molar-refractivity contribution in [3.05, 3.63) is 0 Å². The molecule has 0 spiro atoms. The Morgan fingerprint density at radius 3 is 2.26 bits per heavy atom. The van der Waals surface area contributed by atoms with Gasteiger partial charge < -0.3 is 11.1 Å². The number of hydrogen-bond donors (Lipinski definition) is 2. The first kappa shape index (κ1) is 18.8. The van der Waals surface area contributed by atoms with Crippen LogP contribution in [-0.4, -0.2) is 30.0 Å². The standard InChI is InChI=1S/C15H32N2OS/c1-6-15(7-2,19-5)11-17-14(18)9-13(10-16)8-12(3)4/h12-13H,6-11,16H2,1-5H3,(H,17,18)/t13-/m0/s1. The van der Waals surface area contributed by atoms with Crippen LogP contribution in [0.1, 0.15) is 53.4 Å². The average Bonchev–Trinajstić information content (AvgIpc) is 2.39. The van der Waals surface area contributed by atoms with Crippen molar-refractivity contribution in [1.82, 2.24) is 5.32 Å². The molecule has 0 aliphatic rings. The second kappa shape index (κ2) is 9.65. The summed E-state index contributed by atoms with van der Waals surface area (Å²) < 4.78 is 0.186. The van der Waals surface area contributed by atoms with Crippen LogP contribution in [0, 0.1) is 11.8 Å². The number of rotatable bonds is 10. The molecule has 114 valence electrons. The summed E-state index contributed by atoms with van der Waals surface area (Å²) in [5.74, 6) is 1.06. The van der Waals surface area contributed by atoms with E-state index in [1.807, 2.05) is 11.8 Å². The quantitative estimate of drug-likeness (QED) is 0.649. The molecule has 0 unspecified atom stereocenters. The van der Waals surface area contributed by atoms with Gasteiger partial charge in [-0.25, -0.2) is 0 Å². The summed E-state index contributed by atoms with van der Waals surface area (Å²) in [7, 11) is 0. The highest BCUT2D eigenvalue weighted by atomic mass is 32.2. The zero-order chi connectivity index (χ0) is 14.9. The first-order valence-corrected chi connectivity index (χ1v) is 8.67. The Hall–Kier alpha value is -0.220. The summed E-state index contributed by atoms with van der Waals surface area (Å²) in [6.07, 6.45) is 5.88. The fourth-order valence-corrected chi connectivity index (χ4v) is 3.18. The van der Waals surface area contributed by atoms with Crippen LogP contribution < -0.4 is 11.1 Å². The molecule has 0 bridgehead atoms. The third-order valence-electron chi connectivity index (χ3n) is 3.94. The van der Waals surface area contributed by atoms with Crippen molar-refractivity contribution in [2.75, 3.05) is 19.3 Å². The fourth-order valence-electron chi connectivity index (χ4n) is 2.38. The van der Waals surface area contributed by atoms with E-state index in [0.717, 1.165) is 25.8 Å². The summed E-state index contributed by atoms with van der Waals surface area (Å²) in [6, 6.07) is 0. The van der Waals surface area contributed by atoms with E-state index >= 15 is 0 Å². The van der Waals surface area contributed by atoms with Crippen LogP contribution in [0.3, 0.4) is 0 Å². The van der Waals surface area contributed by atoms with Gasteiger partial charge in [-0.05, 0) is 43.9 Å². The van der Waals surface area contributed by atoms with E-state index in [0.29, 0.717) is 24.8 Å². The Morgan fingerprint density at radius 1 is 1.32 bits per heavy atom. The number of thioether (sulfide) groups is 1. The molecule has 3 nitrogen and oxygen atoms in total. The van der Waals surface area contributed by atoms with E-state index in [-0.39, 0.29) is 10.7 Å². The van der Waals surface area contributed by atoms with Gasteiger partial charge in [-0.3, -0.25) is 4.79 Å². The summed E-state index contributed by atoms with van der Waals surface area (Å²) >= 11 is 1.86. The van der Waals surface area contributed by atoms with E-state index in [1.165, 1.54) is 0 Å². The second-order valence-corrected chi connectivity index (χ2v) is 7.08. The lowest BCUT2D eigenvalue weighted by atomic mass is 9.94. The summed E-state index contributed by atoms with van der Waals surface area (Å²) in [6.45, 7) is 10.1. The molecule has 0 aromatic rings. The molecule has 1 atom stereocenters. The van der Waals surface area contributed by atoms with E-state index in [9.17, 15) is 4.79 Å². The number of hydrogen-bond acceptors (Lipinski definition) is 3. The lowest BCUT2D eigenvalue weighted by molar-refractivity contribution is -0.122. The molecule has 1 amide bonds. The zero-order valence-electron chi connectivity index (χ0n) is 13.3. The van der Waals surface area contributed by atoms with E-state index < -0.39 is 0 Å². The molecule has 0 saturated heterocycles. The largest absolute Gasteiger partial charge is 0.355 e. The Balaban J connectivity index is 4.23. The predicted octanol–water partition coefficient (Wildman–Crippen LogP) is 3.04. The highest BCUT2D eigenvalue weighted by Gasteiger charge is 2.25. The molecular formula is C15H32N2OS. The third kappa shape index (κ3) is 7.21. The Bertz CT molecular complexity index is 244. The molecule has 0 heterocycles. The maximum atomic E-state index is 12.0. The van der Waals surface area contributed by atoms with Crippen molar-refractivity contribution in [3.63, 3.8) is 0 Å². The van der Waals surface area contributed by atoms with Gasteiger partial charge in [0.25, 0.3) is 0 Å². The minimum atomic E-state index is 0.149. The van der Waals surface area contributed by atoms with Crippen LogP contribution in [0.2, 0.25) is 0 Å². The summed E-state index contributed by atoms with van der Waals surface area (Å²) in [5.41, 5.74) is 5.75. The van der Waals surface area contributed by atoms with Crippen LogP contribution in [0.15, 0.2) is 0 Å². The van der Waals surface area contributed by atoms with Crippen LogP contribution in [0.4, 0.5) is 0 Å². The van der Waals surface area contributed by atoms with Gasteiger partial charge in [0, 0.05) is 17.7 Å².